The zero-order valence-electron chi connectivity index (χ0n) is 11.4. The van der Waals surface area contributed by atoms with Crippen molar-refractivity contribution in [1.82, 2.24) is 9.97 Å². The third kappa shape index (κ3) is 4.58. The first-order valence-corrected chi connectivity index (χ1v) is 6.63. The summed E-state index contributed by atoms with van der Waals surface area (Å²) in [5.41, 5.74) is 0.988. The predicted molar refractivity (Wildman–Crippen MR) is 79.7 cm³/mol. The van der Waals surface area contributed by atoms with Gasteiger partial charge in [-0.2, -0.15) is 4.98 Å². The maximum atomic E-state index is 4.43. The van der Waals surface area contributed by atoms with Crippen molar-refractivity contribution in [1.29, 1.82) is 0 Å². The highest BCUT2D eigenvalue weighted by Gasteiger charge is 2.00. The molecule has 0 saturated carbocycles. The van der Waals surface area contributed by atoms with Gasteiger partial charge in [-0.25, -0.2) is 4.98 Å². The molecule has 0 radical (unpaired) electrons. The topological polar surface area (TPSA) is 49.8 Å². The molecular weight excluding hydrogens is 236 g/mol. The summed E-state index contributed by atoms with van der Waals surface area (Å²) in [6.45, 7) is 5.35. The van der Waals surface area contributed by atoms with Gasteiger partial charge in [-0.15, -0.1) is 0 Å². The van der Waals surface area contributed by atoms with E-state index in [9.17, 15) is 0 Å². The van der Waals surface area contributed by atoms with E-state index >= 15 is 0 Å². The Balaban J connectivity index is 1.95. The zero-order valence-corrected chi connectivity index (χ0v) is 11.4. The van der Waals surface area contributed by atoms with E-state index in [0.717, 1.165) is 24.5 Å². The average molecular weight is 256 g/mol. The van der Waals surface area contributed by atoms with Gasteiger partial charge in [-0.3, -0.25) is 0 Å². The van der Waals surface area contributed by atoms with Crippen molar-refractivity contribution in [3.05, 3.63) is 42.6 Å². The van der Waals surface area contributed by atoms with E-state index in [1.807, 2.05) is 36.4 Å². The minimum atomic E-state index is 0.612. The van der Waals surface area contributed by atoms with Crippen LogP contribution in [0, 0.1) is 5.92 Å². The van der Waals surface area contributed by atoms with E-state index in [1.165, 1.54) is 0 Å². The van der Waals surface area contributed by atoms with Crippen LogP contribution in [0.15, 0.2) is 42.6 Å². The summed E-state index contributed by atoms with van der Waals surface area (Å²) < 4.78 is 0. The fourth-order valence-corrected chi connectivity index (χ4v) is 1.66. The number of benzene rings is 1. The number of nitrogens with one attached hydrogen (secondary N) is 2. The maximum absolute atomic E-state index is 4.43. The van der Waals surface area contributed by atoms with Crippen LogP contribution in [0.1, 0.15) is 20.3 Å². The summed E-state index contributed by atoms with van der Waals surface area (Å²) in [5.74, 6) is 2.16. The Morgan fingerprint density at radius 1 is 1.11 bits per heavy atom. The van der Waals surface area contributed by atoms with Gasteiger partial charge in [-0.1, -0.05) is 32.0 Å². The summed E-state index contributed by atoms with van der Waals surface area (Å²) >= 11 is 0. The minimum Gasteiger partial charge on any atom is -0.370 e. The lowest BCUT2D eigenvalue weighted by molar-refractivity contribution is 0.606. The molecule has 2 rings (SSSR count). The van der Waals surface area contributed by atoms with Gasteiger partial charge in [0.2, 0.25) is 5.95 Å². The zero-order chi connectivity index (χ0) is 13.5. The van der Waals surface area contributed by atoms with Crippen molar-refractivity contribution < 1.29 is 0 Å². The molecule has 0 aliphatic heterocycles. The summed E-state index contributed by atoms with van der Waals surface area (Å²) in [6.07, 6.45) is 2.89. The van der Waals surface area contributed by atoms with Crippen LogP contribution in [0.25, 0.3) is 0 Å². The monoisotopic (exact) mass is 256 g/mol. The first kappa shape index (κ1) is 13.3. The molecule has 100 valence electrons. The van der Waals surface area contributed by atoms with Crippen molar-refractivity contribution >= 4 is 17.5 Å². The fourth-order valence-electron chi connectivity index (χ4n) is 1.66. The van der Waals surface area contributed by atoms with Crippen LogP contribution in [-0.4, -0.2) is 16.5 Å². The molecule has 2 N–H and O–H groups in total. The molecule has 1 aromatic carbocycles. The molecule has 0 unspecified atom stereocenters. The highest BCUT2D eigenvalue weighted by molar-refractivity contribution is 5.54. The van der Waals surface area contributed by atoms with Crippen LogP contribution < -0.4 is 10.6 Å². The van der Waals surface area contributed by atoms with Gasteiger partial charge in [0.25, 0.3) is 0 Å². The van der Waals surface area contributed by atoms with Gasteiger partial charge in [-0.05, 0) is 30.5 Å². The van der Waals surface area contributed by atoms with Gasteiger partial charge < -0.3 is 10.6 Å². The smallest absolute Gasteiger partial charge is 0.229 e. The molecule has 0 saturated heterocycles. The van der Waals surface area contributed by atoms with Crippen molar-refractivity contribution in [2.45, 2.75) is 20.3 Å². The van der Waals surface area contributed by atoms with Gasteiger partial charge in [0.1, 0.15) is 5.82 Å². The van der Waals surface area contributed by atoms with Crippen LogP contribution >= 0.6 is 0 Å². The third-order valence-corrected chi connectivity index (χ3v) is 2.71. The Morgan fingerprint density at radius 2 is 1.89 bits per heavy atom. The molecule has 2 aromatic rings. The number of aromatic nitrogens is 2. The SMILES string of the molecule is CC(C)CCNc1ccnc(Nc2ccccc2)n1. The molecule has 0 spiro atoms. The molecule has 1 aromatic heterocycles. The first-order chi connectivity index (χ1) is 9.24. The number of para-hydroxylation sites is 1. The third-order valence-electron chi connectivity index (χ3n) is 2.71. The van der Waals surface area contributed by atoms with E-state index in [4.69, 9.17) is 0 Å². The normalized spacial score (nSPS) is 10.5. The second kappa shape index (κ2) is 6.73. The summed E-state index contributed by atoms with van der Waals surface area (Å²) in [5, 5.41) is 6.49. The summed E-state index contributed by atoms with van der Waals surface area (Å²) in [7, 11) is 0. The Labute approximate surface area is 114 Å². The molecule has 0 aliphatic rings. The Bertz CT molecular complexity index is 497. The average Bonchev–Trinajstić information content (AvgIpc) is 2.40. The fraction of sp³-hybridized carbons (Fsp3) is 0.333. The van der Waals surface area contributed by atoms with Crippen molar-refractivity contribution in [2.24, 2.45) is 5.92 Å². The van der Waals surface area contributed by atoms with Crippen molar-refractivity contribution in [3.63, 3.8) is 0 Å². The van der Waals surface area contributed by atoms with Crippen LogP contribution in [-0.2, 0) is 0 Å². The predicted octanol–water partition coefficient (Wildman–Crippen LogP) is 3.68. The number of hydrogen-bond acceptors (Lipinski definition) is 4. The van der Waals surface area contributed by atoms with Crippen molar-refractivity contribution in [2.75, 3.05) is 17.2 Å². The molecule has 4 nitrogen and oxygen atoms in total. The molecule has 4 heteroatoms. The lowest BCUT2D eigenvalue weighted by Crippen LogP contribution is -2.07. The second-order valence-corrected chi connectivity index (χ2v) is 4.87. The Hall–Kier alpha value is -2.10. The Morgan fingerprint density at radius 3 is 2.63 bits per heavy atom. The first-order valence-electron chi connectivity index (χ1n) is 6.63. The molecule has 0 amide bonds. The van der Waals surface area contributed by atoms with Gasteiger partial charge in [0.15, 0.2) is 0 Å². The van der Waals surface area contributed by atoms with E-state index in [0.29, 0.717) is 11.9 Å². The number of nitrogens with zero attached hydrogens (tertiary/aromatic N) is 2. The molecule has 1 heterocycles. The molecule has 0 atom stereocenters. The summed E-state index contributed by atoms with van der Waals surface area (Å²) in [4.78, 5) is 8.65. The highest BCUT2D eigenvalue weighted by atomic mass is 15.1. The number of hydrogen-bond donors (Lipinski definition) is 2. The van der Waals surface area contributed by atoms with E-state index in [-0.39, 0.29) is 0 Å². The van der Waals surface area contributed by atoms with E-state index in [1.54, 1.807) is 6.20 Å². The maximum Gasteiger partial charge on any atom is 0.229 e. The van der Waals surface area contributed by atoms with Gasteiger partial charge >= 0.3 is 0 Å². The van der Waals surface area contributed by atoms with E-state index < -0.39 is 0 Å². The quantitative estimate of drug-likeness (QED) is 0.827. The molecule has 19 heavy (non-hydrogen) atoms. The van der Waals surface area contributed by atoms with Crippen LogP contribution in [0.3, 0.4) is 0 Å². The lowest BCUT2D eigenvalue weighted by atomic mass is 10.1. The molecular formula is C15H20N4. The summed E-state index contributed by atoms with van der Waals surface area (Å²) in [6, 6.07) is 11.8. The minimum absolute atomic E-state index is 0.612. The lowest BCUT2D eigenvalue weighted by Gasteiger charge is -2.09. The molecule has 0 aliphatic carbocycles. The standard InChI is InChI=1S/C15H20N4/c1-12(2)8-10-16-14-9-11-17-15(19-14)18-13-6-4-3-5-7-13/h3-7,9,11-12H,8,10H2,1-2H3,(H2,16,17,18,19). The van der Waals surface area contributed by atoms with Crippen LogP contribution in [0.5, 0.6) is 0 Å². The van der Waals surface area contributed by atoms with Crippen LogP contribution in [0.2, 0.25) is 0 Å². The highest BCUT2D eigenvalue weighted by Crippen LogP contribution is 2.13. The van der Waals surface area contributed by atoms with Crippen LogP contribution in [0.4, 0.5) is 17.5 Å². The molecule has 0 fully saturated rings. The number of rotatable bonds is 6. The molecule has 0 bridgehead atoms. The largest absolute Gasteiger partial charge is 0.370 e. The Kier molecular flexibility index (Phi) is 4.72. The van der Waals surface area contributed by atoms with E-state index in [2.05, 4.69) is 34.4 Å². The second-order valence-electron chi connectivity index (χ2n) is 4.87. The van der Waals surface area contributed by atoms with Crippen molar-refractivity contribution in [3.8, 4) is 0 Å². The van der Waals surface area contributed by atoms with Gasteiger partial charge in [0, 0.05) is 18.4 Å². The van der Waals surface area contributed by atoms with Gasteiger partial charge in [0.05, 0.1) is 0 Å². The number of anilines is 3.